The molecule has 0 aliphatic carbocycles. The predicted molar refractivity (Wildman–Crippen MR) is 88.8 cm³/mol. The van der Waals surface area contributed by atoms with E-state index in [0.717, 1.165) is 5.56 Å². The number of carboxylic acids is 1. The summed E-state index contributed by atoms with van der Waals surface area (Å²) < 4.78 is 0. The highest BCUT2D eigenvalue weighted by atomic mass is 16.4. The molecule has 0 aliphatic rings. The minimum absolute atomic E-state index is 0.00198. The van der Waals surface area contributed by atoms with Crippen molar-refractivity contribution in [3.8, 4) is 0 Å². The number of amides is 1. The molecular weight excluding hydrogens is 308 g/mol. The van der Waals surface area contributed by atoms with Crippen LogP contribution >= 0.6 is 0 Å². The standard InChI is InChI=1S/C18H20N2O4/c1-13(21)15-10-16(19-11-15)18(24)20(9-5-8-17(22)23)12-14-6-3-2-4-7-14/h2-4,6-7,10-11,19H,5,8-9,12H2,1H3,(H,22,23). The zero-order valence-corrected chi connectivity index (χ0v) is 13.5. The molecule has 0 unspecified atom stereocenters. The van der Waals surface area contributed by atoms with Crippen LogP contribution in [0.25, 0.3) is 0 Å². The van der Waals surface area contributed by atoms with Crippen molar-refractivity contribution in [2.45, 2.75) is 26.3 Å². The van der Waals surface area contributed by atoms with Gasteiger partial charge in [-0.2, -0.15) is 0 Å². The summed E-state index contributed by atoms with van der Waals surface area (Å²) in [5.74, 6) is -1.26. The zero-order valence-electron chi connectivity index (χ0n) is 13.5. The van der Waals surface area contributed by atoms with Crippen molar-refractivity contribution in [2.75, 3.05) is 6.54 Å². The van der Waals surface area contributed by atoms with Crippen molar-refractivity contribution in [2.24, 2.45) is 0 Å². The monoisotopic (exact) mass is 328 g/mol. The van der Waals surface area contributed by atoms with Crippen LogP contribution in [0.2, 0.25) is 0 Å². The Morgan fingerprint density at radius 1 is 1.17 bits per heavy atom. The number of nitrogens with one attached hydrogen (secondary N) is 1. The van der Waals surface area contributed by atoms with Gasteiger partial charge in [0, 0.05) is 31.3 Å². The van der Waals surface area contributed by atoms with Crippen LogP contribution in [0.3, 0.4) is 0 Å². The van der Waals surface area contributed by atoms with Crippen LogP contribution in [0.1, 0.15) is 46.2 Å². The lowest BCUT2D eigenvalue weighted by Gasteiger charge is -2.22. The summed E-state index contributed by atoms with van der Waals surface area (Å²) in [4.78, 5) is 39.2. The summed E-state index contributed by atoms with van der Waals surface area (Å²) in [5.41, 5.74) is 1.73. The van der Waals surface area contributed by atoms with Gasteiger partial charge in [0.1, 0.15) is 5.69 Å². The van der Waals surface area contributed by atoms with E-state index < -0.39 is 5.97 Å². The van der Waals surface area contributed by atoms with Crippen molar-refractivity contribution >= 4 is 17.7 Å². The summed E-state index contributed by atoms with van der Waals surface area (Å²) in [5, 5.41) is 8.79. The molecule has 2 N–H and O–H groups in total. The Morgan fingerprint density at radius 2 is 1.88 bits per heavy atom. The first-order chi connectivity index (χ1) is 11.5. The van der Waals surface area contributed by atoms with Crippen LogP contribution in [-0.4, -0.2) is 39.2 Å². The number of H-pyrrole nitrogens is 1. The average molecular weight is 328 g/mol. The van der Waals surface area contributed by atoms with E-state index in [4.69, 9.17) is 5.11 Å². The molecule has 0 saturated carbocycles. The topological polar surface area (TPSA) is 90.5 Å². The van der Waals surface area contributed by atoms with Gasteiger partial charge in [-0.3, -0.25) is 14.4 Å². The first-order valence-corrected chi connectivity index (χ1v) is 7.71. The van der Waals surface area contributed by atoms with E-state index in [9.17, 15) is 14.4 Å². The molecule has 1 heterocycles. The molecule has 0 bridgehead atoms. The maximum absolute atomic E-state index is 12.7. The smallest absolute Gasteiger partial charge is 0.303 e. The number of hydrogen-bond donors (Lipinski definition) is 2. The summed E-state index contributed by atoms with van der Waals surface area (Å²) in [6.45, 7) is 2.15. The second kappa shape index (κ2) is 8.10. The van der Waals surface area contributed by atoms with Crippen LogP contribution in [-0.2, 0) is 11.3 Å². The Balaban J connectivity index is 2.14. The number of carbonyl (C=O) groups is 3. The second-order valence-corrected chi connectivity index (χ2v) is 5.57. The molecule has 0 atom stereocenters. The molecule has 6 nitrogen and oxygen atoms in total. The van der Waals surface area contributed by atoms with Gasteiger partial charge in [-0.15, -0.1) is 0 Å². The number of aliphatic carboxylic acids is 1. The molecule has 2 aromatic rings. The SMILES string of the molecule is CC(=O)c1c[nH]c(C(=O)N(CCCC(=O)O)Cc2ccccc2)c1. The predicted octanol–water partition coefficient (Wildman–Crippen LogP) is 2.72. The Labute approximate surface area is 140 Å². The van der Waals surface area contributed by atoms with Gasteiger partial charge in [0.15, 0.2) is 5.78 Å². The summed E-state index contributed by atoms with van der Waals surface area (Å²) in [6.07, 6.45) is 1.88. The van der Waals surface area contributed by atoms with Crippen molar-refractivity contribution in [3.05, 3.63) is 59.4 Å². The van der Waals surface area contributed by atoms with Gasteiger partial charge in [-0.1, -0.05) is 30.3 Å². The van der Waals surface area contributed by atoms with E-state index in [1.807, 2.05) is 30.3 Å². The molecule has 6 heteroatoms. The zero-order chi connectivity index (χ0) is 17.5. The number of carboxylic acid groups (broad SMARTS) is 1. The molecule has 1 aromatic heterocycles. The average Bonchev–Trinajstić information content (AvgIpc) is 3.04. The molecule has 2 rings (SSSR count). The fraction of sp³-hybridized carbons (Fsp3) is 0.278. The quantitative estimate of drug-likeness (QED) is 0.729. The molecule has 0 fully saturated rings. The first kappa shape index (κ1) is 17.5. The van der Waals surface area contributed by atoms with E-state index in [1.54, 1.807) is 4.90 Å². The second-order valence-electron chi connectivity index (χ2n) is 5.57. The Hall–Kier alpha value is -2.89. The number of ketones is 1. The van der Waals surface area contributed by atoms with Gasteiger partial charge in [0.05, 0.1) is 0 Å². The third kappa shape index (κ3) is 4.81. The number of benzene rings is 1. The molecule has 126 valence electrons. The Morgan fingerprint density at radius 3 is 2.46 bits per heavy atom. The lowest BCUT2D eigenvalue weighted by molar-refractivity contribution is -0.137. The normalized spacial score (nSPS) is 10.4. The third-order valence-electron chi connectivity index (χ3n) is 3.64. The summed E-state index contributed by atoms with van der Waals surface area (Å²) in [6, 6.07) is 11.0. The van der Waals surface area contributed by atoms with Crippen molar-refractivity contribution in [3.63, 3.8) is 0 Å². The van der Waals surface area contributed by atoms with Gasteiger partial charge < -0.3 is 15.0 Å². The minimum atomic E-state index is -0.888. The highest BCUT2D eigenvalue weighted by molar-refractivity contribution is 5.99. The van der Waals surface area contributed by atoms with Gasteiger partial charge in [-0.05, 0) is 25.0 Å². The highest BCUT2D eigenvalue weighted by Crippen LogP contribution is 2.12. The summed E-state index contributed by atoms with van der Waals surface area (Å²) >= 11 is 0. The van der Waals surface area contributed by atoms with Crippen LogP contribution < -0.4 is 0 Å². The fourth-order valence-electron chi connectivity index (χ4n) is 2.37. The molecule has 1 aromatic carbocycles. The van der Waals surface area contributed by atoms with E-state index in [-0.39, 0.29) is 18.1 Å². The molecule has 0 aliphatic heterocycles. The molecule has 0 spiro atoms. The number of Topliss-reactive ketones (excluding diaryl/α,β-unsaturated/α-hetero) is 1. The van der Waals surface area contributed by atoms with Crippen LogP contribution in [0.15, 0.2) is 42.6 Å². The Kier molecular flexibility index (Phi) is 5.89. The first-order valence-electron chi connectivity index (χ1n) is 7.71. The molecule has 0 saturated heterocycles. The number of aromatic nitrogens is 1. The van der Waals surface area contributed by atoms with E-state index in [2.05, 4.69) is 4.98 Å². The molecular formula is C18H20N2O4. The molecule has 24 heavy (non-hydrogen) atoms. The number of hydrogen-bond acceptors (Lipinski definition) is 3. The lowest BCUT2D eigenvalue weighted by atomic mass is 10.2. The minimum Gasteiger partial charge on any atom is -0.481 e. The number of rotatable bonds is 8. The van der Waals surface area contributed by atoms with Crippen molar-refractivity contribution < 1.29 is 19.5 Å². The van der Waals surface area contributed by atoms with Crippen LogP contribution in [0.5, 0.6) is 0 Å². The van der Waals surface area contributed by atoms with E-state index in [0.29, 0.717) is 30.8 Å². The number of carbonyl (C=O) groups excluding carboxylic acids is 2. The molecule has 1 amide bonds. The Bertz CT molecular complexity index is 722. The fourth-order valence-corrected chi connectivity index (χ4v) is 2.37. The number of nitrogens with zero attached hydrogens (tertiary/aromatic N) is 1. The van der Waals surface area contributed by atoms with E-state index >= 15 is 0 Å². The van der Waals surface area contributed by atoms with Gasteiger partial charge in [0.2, 0.25) is 0 Å². The van der Waals surface area contributed by atoms with Crippen LogP contribution in [0, 0.1) is 0 Å². The van der Waals surface area contributed by atoms with Gasteiger partial charge in [0.25, 0.3) is 5.91 Å². The van der Waals surface area contributed by atoms with Gasteiger partial charge >= 0.3 is 5.97 Å². The summed E-state index contributed by atoms with van der Waals surface area (Å²) in [7, 11) is 0. The number of aromatic amines is 1. The lowest BCUT2D eigenvalue weighted by Crippen LogP contribution is -2.32. The maximum Gasteiger partial charge on any atom is 0.303 e. The maximum atomic E-state index is 12.7. The van der Waals surface area contributed by atoms with E-state index in [1.165, 1.54) is 19.2 Å². The largest absolute Gasteiger partial charge is 0.481 e. The van der Waals surface area contributed by atoms with Crippen LogP contribution in [0.4, 0.5) is 0 Å². The molecule has 0 radical (unpaired) electrons. The van der Waals surface area contributed by atoms with Gasteiger partial charge in [-0.25, -0.2) is 0 Å². The third-order valence-corrected chi connectivity index (χ3v) is 3.64. The highest BCUT2D eigenvalue weighted by Gasteiger charge is 2.19. The van der Waals surface area contributed by atoms with Crippen molar-refractivity contribution in [1.29, 1.82) is 0 Å². The van der Waals surface area contributed by atoms with Crippen molar-refractivity contribution in [1.82, 2.24) is 9.88 Å².